The molecule has 0 amide bonds. The first-order valence-corrected chi connectivity index (χ1v) is 8.58. The maximum atomic E-state index is 13.0. The minimum Gasteiger partial charge on any atom is -0.461 e. The molecule has 0 radical (unpaired) electrons. The van der Waals surface area contributed by atoms with E-state index in [1.165, 1.54) is 10.9 Å². The Morgan fingerprint density at radius 1 is 1.07 bits per heavy atom. The van der Waals surface area contributed by atoms with Crippen LogP contribution in [0.2, 0.25) is 0 Å². The largest absolute Gasteiger partial charge is 0.461 e. The van der Waals surface area contributed by atoms with Crippen LogP contribution in [0, 0.1) is 11.3 Å². The van der Waals surface area contributed by atoms with E-state index < -0.39 is 0 Å². The summed E-state index contributed by atoms with van der Waals surface area (Å²) in [5, 5.41) is 16.4. The van der Waals surface area contributed by atoms with E-state index in [-0.39, 0.29) is 5.91 Å². The van der Waals surface area contributed by atoms with Gasteiger partial charge < -0.3 is 9.73 Å². The van der Waals surface area contributed by atoms with E-state index in [1.54, 1.807) is 36.4 Å². The van der Waals surface area contributed by atoms with Crippen LogP contribution >= 0.6 is 0 Å². The molecule has 2 aromatic heterocycles. The number of benzene rings is 2. The van der Waals surface area contributed by atoms with Crippen molar-refractivity contribution in [2.75, 3.05) is 5.32 Å². The summed E-state index contributed by atoms with van der Waals surface area (Å²) < 4.78 is 6.56. The molecule has 0 spiro atoms. The van der Waals surface area contributed by atoms with Crippen molar-refractivity contribution >= 4 is 11.9 Å². The Kier molecular flexibility index (Phi) is 4.68. The van der Waals surface area contributed by atoms with Gasteiger partial charge in [0.05, 0.1) is 17.9 Å². The molecule has 0 bridgehead atoms. The molecule has 4 rings (SSSR count). The number of hydrogen-bond donors (Lipinski definition) is 1. The molecule has 136 valence electrons. The van der Waals surface area contributed by atoms with E-state index in [9.17, 15) is 4.79 Å². The quantitative estimate of drug-likeness (QED) is 0.576. The first-order valence-electron chi connectivity index (χ1n) is 8.58. The zero-order valence-electron chi connectivity index (χ0n) is 14.7. The van der Waals surface area contributed by atoms with Gasteiger partial charge in [0, 0.05) is 12.1 Å². The average Bonchev–Trinajstić information content (AvgIpc) is 3.42. The van der Waals surface area contributed by atoms with Gasteiger partial charge in [0.15, 0.2) is 5.76 Å². The summed E-state index contributed by atoms with van der Waals surface area (Å²) in [6, 6.07) is 21.6. The number of nitrogens with one attached hydrogen (secondary N) is 1. The van der Waals surface area contributed by atoms with Gasteiger partial charge in [-0.1, -0.05) is 30.3 Å². The van der Waals surface area contributed by atoms with Gasteiger partial charge in [-0.15, -0.1) is 5.10 Å². The third kappa shape index (κ3) is 3.52. The highest BCUT2D eigenvalue weighted by Gasteiger charge is 2.19. The lowest BCUT2D eigenvalue weighted by atomic mass is 10.1. The van der Waals surface area contributed by atoms with Gasteiger partial charge in [0.2, 0.25) is 11.8 Å². The zero-order chi connectivity index (χ0) is 19.3. The second kappa shape index (κ2) is 7.60. The van der Waals surface area contributed by atoms with E-state index in [4.69, 9.17) is 9.68 Å². The van der Waals surface area contributed by atoms with Crippen LogP contribution < -0.4 is 5.32 Å². The molecule has 0 aliphatic rings. The molecule has 4 aromatic rings. The molecule has 0 unspecified atom stereocenters. The first-order chi connectivity index (χ1) is 13.7. The van der Waals surface area contributed by atoms with Gasteiger partial charge in [0.25, 0.3) is 5.91 Å². The van der Waals surface area contributed by atoms with Crippen LogP contribution in [0.1, 0.15) is 21.5 Å². The van der Waals surface area contributed by atoms with Gasteiger partial charge in [-0.2, -0.15) is 14.9 Å². The Morgan fingerprint density at radius 2 is 1.86 bits per heavy atom. The van der Waals surface area contributed by atoms with Crippen LogP contribution in [0.25, 0.3) is 11.6 Å². The minimum atomic E-state index is -0.356. The van der Waals surface area contributed by atoms with Crippen molar-refractivity contribution in [3.63, 3.8) is 0 Å². The van der Waals surface area contributed by atoms with Crippen molar-refractivity contribution in [1.82, 2.24) is 14.8 Å². The van der Waals surface area contributed by atoms with Gasteiger partial charge in [0.1, 0.15) is 0 Å². The van der Waals surface area contributed by atoms with Crippen molar-refractivity contribution in [3.8, 4) is 17.7 Å². The highest BCUT2D eigenvalue weighted by Crippen LogP contribution is 2.20. The number of anilines is 1. The van der Waals surface area contributed by atoms with Crippen molar-refractivity contribution < 1.29 is 9.21 Å². The van der Waals surface area contributed by atoms with Crippen LogP contribution in [0.3, 0.4) is 0 Å². The van der Waals surface area contributed by atoms with Gasteiger partial charge in [-0.3, -0.25) is 4.79 Å². The fourth-order valence-electron chi connectivity index (χ4n) is 2.66. The molecular weight excluding hydrogens is 354 g/mol. The lowest BCUT2D eigenvalue weighted by Crippen LogP contribution is -2.17. The Hall–Kier alpha value is -4.18. The van der Waals surface area contributed by atoms with Crippen LogP contribution in [-0.4, -0.2) is 20.7 Å². The molecule has 0 aliphatic heterocycles. The van der Waals surface area contributed by atoms with Crippen LogP contribution in [0.4, 0.5) is 5.95 Å². The van der Waals surface area contributed by atoms with Crippen LogP contribution in [-0.2, 0) is 6.54 Å². The summed E-state index contributed by atoms with van der Waals surface area (Å²) in [5.74, 6) is 0.728. The number of nitriles is 1. The SMILES string of the molecule is N#Cc1ccc(C(=O)n2nc(-c3ccco3)nc2NCc2ccccc2)cc1. The molecule has 0 aliphatic carbocycles. The fourth-order valence-corrected chi connectivity index (χ4v) is 2.66. The van der Waals surface area contributed by atoms with E-state index in [0.29, 0.717) is 35.2 Å². The van der Waals surface area contributed by atoms with Crippen molar-refractivity contribution in [3.05, 3.63) is 89.7 Å². The molecule has 2 aromatic carbocycles. The first kappa shape index (κ1) is 17.2. The number of hydrogen-bond acceptors (Lipinski definition) is 6. The molecule has 7 heteroatoms. The monoisotopic (exact) mass is 369 g/mol. The lowest BCUT2D eigenvalue weighted by Gasteiger charge is -2.07. The lowest BCUT2D eigenvalue weighted by molar-refractivity contribution is 0.0947. The van der Waals surface area contributed by atoms with E-state index in [2.05, 4.69) is 15.4 Å². The molecule has 2 heterocycles. The molecule has 28 heavy (non-hydrogen) atoms. The van der Waals surface area contributed by atoms with E-state index >= 15 is 0 Å². The van der Waals surface area contributed by atoms with Gasteiger partial charge >= 0.3 is 0 Å². The minimum absolute atomic E-state index is 0.308. The smallest absolute Gasteiger partial charge is 0.281 e. The molecular formula is C21H15N5O2. The topological polar surface area (TPSA) is 96.7 Å². The van der Waals surface area contributed by atoms with Crippen molar-refractivity contribution in [1.29, 1.82) is 5.26 Å². The molecule has 1 N–H and O–H groups in total. The Balaban J connectivity index is 1.67. The number of rotatable bonds is 5. The average molecular weight is 369 g/mol. The number of aromatic nitrogens is 3. The Labute approximate surface area is 160 Å². The number of nitrogens with zero attached hydrogens (tertiary/aromatic N) is 4. The Bertz CT molecular complexity index is 1120. The normalized spacial score (nSPS) is 10.4. The predicted molar refractivity (Wildman–Crippen MR) is 102 cm³/mol. The van der Waals surface area contributed by atoms with Crippen LogP contribution in [0.5, 0.6) is 0 Å². The van der Waals surface area contributed by atoms with E-state index in [1.807, 2.05) is 36.4 Å². The van der Waals surface area contributed by atoms with E-state index in [0.717, 1.165) is 5.56 Å². The predicted octanol–water partition coefficient (Wildman–Crippen LogP) is 3.71. The molecule has 0 saturated heterocycles. The fraction of sp³-hybridized carbons (Fsp3) is 0.0476. The number of carbonyl (C=O) groups excluding carboxylic acids is 1. The summed E-state index contributed by atoms with van der Waals surface area (Å²) in [6.07, 6.45) is 1.52. The highest BCUT2D eigenvalue weighted by molar-refractivity contribution is 5.97. The molecule has 0 saturated carbocycles. The molecule has 0 atom stereocenters. The van der Waals surface area contributed by atoms with Crippen molar-refractivity contribution in [2.24, 2.45) is 0 Å². The summed E-state index contributed by atoms with van der Waals surface area (Å²) >= 11 is 0. The molecule has 7 nitrogen and oxygen atoms in total. The van der Waals surface area contributed by atoms with Gasteiger partial charge in [-0.05, 0) is 42.0 Å². The van der Waals surface area contributed by atoms with Gasteiger partial charge in [-0.25, -0.2) is 0 Å². The third-order valence-electron chi connectivity index (χ3n) is 4.10. The maximum Gasteiger partial charge on any atom is 0.281 e. The molecule has 0 fully saturated rings. The second-order valence-electron chi connectivity index (χ2n) is 5.98. The third-order valence-corrected chi connectivity index (χ3v) is 4.10. The summed E-state index contributed by atoms with van der Waals surface area (Å²) in [7, 11) is 0. The van der Waals surface area contributed by atoms with Crippen LogP contribution in [0.15, 0.2) is 77.4 Å². The standard InChI is InChI=1S/C21H15N5O2/c22-13-15-8-10-17(11-9-15)20(27)26-21(23-14-16-5-2-1-3-6-16)24-19(25-26)18-7-4-12-28-18/h1-12H,14H2,(H,23,24,25). The summed E-state index contributed by atoms with van der Waals surface area (Å²) in [5.41, 5.74) is 1.92. The second-order valence-corrected chi connectivity index (χ2v) is 5.98. The zero-order valence-corrected chi connectivity index (χ0v) is 14.7. The maximum absolute atomic E-state index is 13.0. The summed E-state index contributed by atoms with van der Waals surface area (Å²) in [4.78, 5) is 17.4. The number of carbonyl (C=O) groups is 1. The highest BCUT2D eigenvalue weighted by atomic mass is 16.3. The number of furan rings is 1. The Morgan fingerprint density at radius 3 is 2.54 bits per heavy atom. The summed E-state index contributed by atoms with van der Waals surface area (Å²) in [6.45, 7) is 0.484. The van der Waals surface area contributed by atoms with Crippen molar-refractivity contribution in [2.45, 2.75) is 6.54 Å².